The second kappa shape index (κ2) is 9.39. The first-order valence-electron chi connectivity index (χ1n) is 5.35. The van der Waals surface area contributed by atoms with Crippen molar-refractivity contribution in [2.24, 2.45) is 5.92 Å². The van der Waals surface area contributed by atoms with Gasteiger partial charge in [0.2, 0.25) is 0 Å². The molecule has 0 fully saturated rings. The van der Waals surface area contributed by atoms with Crippen LogP contribution in [0.2, 0.25) is 0 Å². The lowest BCUT2D eigenvalue weighted by molar-refractivity contribution is -0.138. The molecule has 0 bridgehead atoms. The third kappa shape index (κ3) is 8.02. The SMILES string of the molecule is C=CC(=O)OCCC(C=C)CCOC(=O)C=C. The van der Waals surface area contributed by atoms with Gasteiger partial charge < -0.3 is 9.47 Å². The molecule has 0 amide bonds. The molecular formula is C13H18O4. The van der Waals surface area contributed by atoms with Gasteiger partial charge >= 0.3 is 11.9 Å². The Kier molecular flexibility index (Phi) is 8.37. The predicted molar refractivity (Wildman–Crippen MR) is 65.2 cm³/mol. The van der Waals surface area contributed by atoms with E-state index in [9.17, 15) is 9.59 Å². The molecule has 0 aromatic rings. The normalized spacial score (nSPS) is 9.47. The minimum atomic E-state index is -0.439. The molecule has 0 heterocycles. The van der Waals surface area contributed by atoms with E-state index < -0.39 is 11.9 Å². The number of hydrogen-bond donors (Lipinski definition) is 0. The van der Waals surface area contributed by atoms with Gasteiger partial charge in [0.1, 0.15) is 0 Å². The highest BCUT2D eigenvalue weighted by atomic mass is 16.5. The second-order valence-electron chi connectivity index (χ2n) is 3.32. The third-order valence-corrected chi connectivity index (χ3v) is 2.13. The van der Waals surface area contributed by atoms with Crippen LogP contribution in [0.3, 0.4) is 0 Å². The zero-order valence-corrected chi connectivity index (χ0v) is 9.89. The number of allylic oxidation sites excluding steroid dienone is 1. The molecule has 17 heavy (non-hydrogen) atoms. The molecule has 0 spiro atoms. The van der Waals surface area contributed by atoms with E-state index in [0.717, 1.165) is 12.2 Å². The van der Waals surface area contributed by atoms with Crippen LogP contribution in [-0.2, 0) is 19.1 Å². The van der Waals surface area contributed by atoms with Crippen LogP contribution in [0.25, 0.3) is 0 Å². The van der Waals surface area contributed by atoms with Crippen molar-refractivity contribution >= 4 is 11.9 Å². The van der Waals surface area contributed by atoms with Gasteiger partial charge in [0, 0.05) is 12.2 Å². The molecule has 0 aromatic carbocycles. The maximum atomic E-state index is 10.8. The predicted octanol–water partition coefficient (Wildman–Crippen LogP) is 2.03. The number of carbonyl (C=O) groups is 2. The average Bonchev–Trinajstić information content (AvgIpc) is 2.36. The van der Waals surface area contributed by atoms with Gasteiger partial charge in [-0.15, -0.1) is 6.58 Å². The lowest BCUT2D eigenvalue weighted by atomic mass is 10.0. The molecule has 0 unspecified atom stereocenters. The van der Waals surface area contributed by atoms with Crippen LogP contribution >= 0.6 is 0 Å². The van der Waals surface area contributed by atoms with Gasteiger partial charge in [-0.2, -0.15) is 0 Å². The zero-order chi connectivity index (χ0) is 13.1. The van der Waals surface area contributed by atoms with Crippen molar-refractivity contribution in [2.45, 2.75) is 12.8 Å². The average molecular weight is 238 g/mol. The Balaban J connectivity index is 3.72. The van der Waals surface area contributed by atoms with E-state index in [1.165, 1.54) is 0 Å². The van der Waals surface area contributed by atoms with Crippen molar-refractivity contribution in [1.82, 2.24) is 0 Å². The van der Waals surface area contributed by atoms with Crippen molar-refractivity contribution < 1.29 is 19.1 Å². The fraction of sp³-hybridized carbons (Fsp3) is 0.385. The summed E-state index contributed by atoms with van der Waals surface area (Å²) in [6.45, 7) is 10.9. The van der Waals surface area contributed by atoms with E-state index >= 15 is 0 Å². The van der Waals surface area contributed by atoms with Crippen molar-refractivity contribution in [2.75, 3.05) is 13.2 Å². The second-order valence-corrected chi connectivity index (χ2v) is 3.32. The minimum Gasteiger partial charge on any atom is -0.463 e. The Bertz CT molecular complexity index is 268. The molecule has 0 radical (unpaired) electrons. The molecule has 0 atom stereocenters. The highest BCUT2D eigenvalue weighted by Crippen LogP contribution is 2.10. The zero-order valence-electron chi connectivity index (χ0n) is 9.89. The highest BCUT2D eigenvalue weighted by Gasteiger charge is 2.07. The summed E-state index contributed by atoms with van der Waals surface area (Å²) >= 11 is 0. The lowest BCUT2D eigenvalue weighted by Gasteiger charge is -2.11. The molecule has 0 aromatic heterocycles. The highest BCUT2D eigenvalue weighted by molar-refractivity contribution is 5.81. The molecule has 0 saturated heterocycles. The van der Waals surface area contributed by atoms with Gasteiger partial charge in [-0.05, 0) is 18.8 Å². The molecule has 0 saturated carbocycles. The van der Waals surface area contributed by atoms with E-state index in [4.69, 9.17) is 9.47 Å². The number of ether oxygens (including phenoxy) is 2. The Hall–Kier alpha value is -1.84. The summed E-state index contributed by atoms with van der Waals surface area (Å²) in [6, 6.07) is 0. The van der Waals surface area contributed by atoms with Crippen LogP contribution in [0.4, 0.5) is 0 Å². The Labute approximate surface area is 102 Å². The van der Waals surface area contributed by atoms with Gasteiger partial charge in [0.25, 0.3) is 0 Å². The lowest BCUT2D eigenvalue weighted by Crippen LogP contribution is -2.10. The smallest absolute Gasteiger partial charge is 0.330 e. The molecule has 4 heteroatoms. The molecule has 0 N–H and O–H groups in total. The summed E-state index contributed by atoms with van der Waals surface area (Å²) in [5, 5.41) is 0. The van der Waals surface area contributed by atoms with E-state index in [1.54, 1.807) is 6.08 Å². The molecule has 0 rings (SSSR count). The van der Waals surface area contributed by atoms with Crippen LogP contribution in [0.1, 0.15) is 12.8 Å². The van der Waals surface area contributed by atoms with Gasteiger partial charge in [-0.3, -0.25) is 0 Å². The summed E-state index contributed by atoms with van der Waals surface area (Å²) in [6.07, 6.45) is 5.29. The molecule has 0 aliphatic carbocycles. The first-order valence-corrected chi connectivity index (χ1v) is 5.35. The van der Waals surface area contributed by atoms with Gasteiger partial charge in [-0.25, -0.2) is 9.59 Å². The molecular weight excluding hydrogens is 220 g/mol. The van der Waals surface area contributed by atoms with E-state index in [2.05, 4.69) is 19.7 Å². The number of carbonyl (C=O) groups excluding carboxylic acids is 2. The maximum Gasteiger partial charge on any atom is 0.330 e. The number of esters is 2. The Morgan fingerprint density at radius 1 is 0.941 bits per heavy atom. The topological polar surface area (TPSA) is 52.6 Å². The van der Waals surface area contributed by atoms with Gasteiger partial charge in [-0.1, -0.05) is 19.2 Å². The first kappa shape index (κ1) is 15.2. The number of rotatable bonds is 9. The largest absolute Gasteiger partial charge is 0.463 e. The van der Waals surface area contributed by atoms with Gasteiger partial charge in [0.15, 0.2) is 0 Å². The minimum absolute atomic E-state index is 0.144. The van der Waals surface area contributed by atoms with Crippen molar-refractivity contribution in [3.63, 3.8) is 0 Å². The fourth-order valence-corrected chi connectivity index (χ4v) is 1.12. The third-order valence-electron chi connectivity index (χ3n) is 2.13. The number of hydrogen-bond acceptors (Lipinski definition) is 4. The summed E-state index contributed by atoms with van der Waals surface area (Å²) in [4.78, 5) is 21.6. The van der Waals surface area contributed by atoms with Crippen LogP contribution in [0, 0.1) is 5.92 Å². The van der Waals surface area contributed by atoms with E-state index in [1.807, 2.05) is 0 Å². The quantitative estimate of drug-likeness (QED) is 0.350. The maximum absolute atomic E-state index is 10.8. The summed E-state index contributed by atoms with van der Waals surface area (Å²) in [5.74, 6) is -0.734. The summed E-state index contributed by atoms with van der Waals surface area (Å²) in [7, 11) is 0. The van der Waals surface area contributed by atoms with Gasteiger partial charge in [0.05, 0.1) is 13.2 Å². The Morgan fingerprint density at radius 2 is 1.35 bits per heavy atom. The van der Waals surface area contributed by atoms with Crippen molar-refractivity contribution in [1.29, 1.82) is 0 Å². The van der Waals surface area contributed by atoms with Crippen molar-refractivity contribution in [3.05, 3.63) is 38.0 Å². The van der Waals surface area contributed by atoms with Crippen LogP contribution in [0.5, 0.6) is 0 Å². The monoisotopic (exact) mass is 238 g/mol. The van der Waals surface area contributed by atoms with Crippen LogP contribution < -0.4 is 0 Å². The van der Waals surface area contributed by atoms with Crippen LogP contribution in [-0.4, -0.2) is 25.2 Å². The molecule has 0 aliphatic heterocycles. The standard InChI is InChI=1S/C13H18O4/c1-4-11(7-9-16-12(14)5-2)8-10-17-13(15)6-3/h4-6,11H,1-3,7-10H2. The molecule has 94 valence electrons. The first-order chi connectivity index (χ1) is 8.13. The summed E-state index contributed by atoms with van der Waals surface area (Å²) < 4.78 is 9.69. The van der Waals surface area contributed by atoms with Crippen molar-refractivity contribution in [3.8, 4) is 0 Å². The van der Waals surface area contributed by atoms with E-state index in [0.29, 0.717) is 26.1 Å². The molecule has 0 aliphatic rings. The fourth-order valence-electron chi connectivity index (χ4n) is 1.12. The summed E-state index contributed by atoms with van der Waals surface area (Å²) in [5.41, 5.74) is 0. The van der Waals surface area contributed by atoms with E-state index in [-0.39, 0.29) is 5.92 Å². The molecule has 4 nitrogen and oxygen atoms in total. The van der Waals surface area contributed by atoms with Crippen LogP contribution in [0.15, 0.2) is 38.0 Å². The Morgan fingerprint density at radius 3 is 1.65 bits per heavy atom.